The molecule has 4 rings (SSSR count). The average molecular weight is 316 g/mol. The zero-order chi connectivity index (χ0) is 15.8. The molecule has 0 saturated carbocycles. The number of likely N-dealkylation sites (N-methyl/N-ethyl adjacent to an activating group) is 1. The third-order valence-corrected chi connectivity index (χ3v) is 5.07. The van der Waals surface area contributed by atoms with E-state index in [0.717, 1.165) is 62.6 Å². The van der Waals surface area contributed by atoms with E-state index >= 15 is 0 Å². The lowest BCUT2D eigenvalue weighted by Gasteiger charge is -2.30. The fourth-order valence-electron chi connectivity index (χ4n) is 3.99. The first-order valence-corrected chi connectivity index (χ1v) is 8.53. The van der Waals surface area contributed by atoms with Crippen molar-refractivity contribution >= 4 is 5.91 Å². The van der Waals surface area contributed by atoms with Crippen LogP contribution >= 0.6 is 0 Å². The number of carbonyl (C=O) groups excluding carboxylic acids is 1. The van der Waals surface area contributed by atoms with Gasteiger partial charge in [0.05, 0.1) is 25.9 Å². The summed E-state index contributed by atoms with van der Waals surface area (Å²) in [6, 6.07) is 6.03. The van der Waals surface area contributed by atoms with Crippen LogP contribution in [0.5, 0.6) is 5.75 Å². The smallest absolute Gasteiger partial charge is 0.254 e. The van der Waals surface area contributed by atoms with Gasteiger partial charge in [0.1, 0.15) is 5.75 Å². The van der Waals surface area contributed by atoms with Gasteiger partial charge in [-0.3, -0.25) is 4.79 Å². The summed E-state index contributed by atoms with van der Waals surface area (Å²) in [5.74, 6) is 1.47. The van der Waals surface area contributed by atoms with Gasteiger partial charge in [0, 0.05) is 31.1 Å². The minimum absolute atomic E-state index is 0.133. The van der Waals surface area contributed by atoms with Gasteiger partial charge >= 0.3 is 0 Å². The second kappa shape index (κ2) is 6.13. The molecule has 1 amide bonds. The standard InChI is InChI=1S/C18H24N2O3/c1-19-8-13-9-20(16(10-19)12-22-11-13)18(21)15-4-5-17-14(7-15)3-2-6-23-17/h4-5,7,13,16H,2-3,6,8-12H2,1H3/t13-,16-/m0/s1. The summed E-state index contributed by atoms with van der Waals surface area (Å²) in [5, 5.41) is 0. The Morgan fingerprint density at radius 1 is 1.22 bits per heavy atom. The summed E-state index contributed by atoms with van der Waals surface area (Å²) in [6.07, 6.45) is 2.02. The molecule has 1 aromatic rings. The molecule has 3 aliphatic heterocycles. The van der Waals surface area contributed by atoms with Crippen LogP contribution in [0.1, 0.15) is 22.3 Å². The number of carbonyl (C=O) groups is 1. The van der Waals surface area contributed by atoms with E-state index in [1.54, 1.807) is 0 Å². The maximum Gasteiger partial charge on any atom is 0.254 e. The highest BCUT2D eigenvalue weighted by molar-refractivity contribution is 5.95. The molecule has 0 unspecified atom stereocenters. The predicted octanol–water partition coefficient (Wildman–Crippen LogP) is 1.41. The maximum absolute atomic E-state index is 13.1. The van der Waals surface area contributed by atoms with Crippen molar-refractivity contribution in [2.75, 3.05) is 46.5 Å². The second-order valence-corrected chi connectivity index (χ2v) is 7.01. The summed E-state index contributed by atoms with van der Waals surface area (Å²) in [5.41, 5.74) is 1.94. The van der Waals surface area contributed by atoms with E-state index in [4.69, 9.17) is 9.47 Å². The number of ether oxygens (including phenoxy) is 2. The normalized spacial score (nSPS) is 27.8. The molecular formula is C18H24N2O3. The summed E-state index contributed by atoms with van der Waals surface area (Å²) in [4.78, 5) is 17.5. The average Bonchev–Trinajstić information content (AvgIpc) is 2.84. The van der Waals surface area contributed by atoms with Gasteiger partial charge in [0.2, 0.25) is 0 Å². The molecule has 5 nitrogen and oxygen atoms in total. The fraction of sp³-hybridized carbons (Fsp3) is 0.611. The Kier molecular flexibility index (Phi) is 3.99. The SMILES string of the molecule is CN1C[C@@H]2COC[C@H](C1)N(C(=O)c1ccc3c(c1)CCCO3)C2. The monoisotopic (exact) mass is 316 g/mol. The van der Waals surface area contributed by atoms with E-state index in [0.29, 0.717) is 12.5 Å². The topological polar surface area (TPSA) is 42.0 Å². The predicted molar refractivity (Wildman–Crippen MR) is 86.9 cm³/mol. The first-order chi connectivity index (χ1) is 11.2. The van der Waals surface area contributed by atoms with E-state index in [-0.39, 0.29) is 11.9 Å². The molecule has 2 fully saturated rings. The lowest BCUT2D eigenvalue weighted by molar-refractivity contribution is 0.0483. The Labute approximate surface area is 137 Å². The first-order valence-electron chi connectivity index (χ1n) is 8.53. The van der Waals surface area contributed by atoms with Crippen LogP contribution in [-0.4, -0.2) is 68.3 Å². The number of aryl methyl sites for hydroxylation is 1. The maximum atomic E-state index is 13.1. The lowest BCUT2D eigenvalue weighted by atomic mass is 10.0. The Balaban J connectivity index is 1.60. The molecule has 3 aliphatic rings. The molecule has 124 valence electrons. The molecule has 2 atom stereocenters. The lowest BCUT2D eigenvalue weighted by Crippen LogP contribution is -2.46. The molecule has 2 bridgehead atoms. The molecule has 0 N–H and O–H groups in total. The van der Waals surface area contributed by atoms with Gasteiger partial charge in [-0.15, -0.1) is 0 Å². The number of nitrogens with zero attached hydrogens (tertiary/aromatic N) is 2. The Bertz CT molecular complexity index is 604. The van der Waals surface area contributed by atoms with Crippen molar-refractivity contribution < 1.29 is 14.3 Å². The van der Waals surface area contributed by atoms with E-state index in [1.165, 1.54) is 0 Å². The van der Waals surface area contributed by atoms with Gasteiger partial charge in [-0.05, 0) is 43.7 Å². The van der Waals surface area contributed by atoms with Gasteiger partial charge in [-0.2, -0.15) is 0 Å². The van der Waals surface area contributed by atoms with E-state index < -0.39 is 0 Å². The van der Waals surface area contributed by atoms with E-state index in [1.807, 2.05) is 23.1 Å². The van der Waals surface area contributed by atoms with Crippen LogP contribution in [0.3, 0.4) is 0 Å². The van der Waals surface area contributed by atoms with Crippen LogP contribution in [0.4, 0.5) is 0 Å². The highest BCUT2D eigenvalue weighted by Gasteiger charge is 2.35. The second-order valence-electron chi connectivity index (χ2n) is 7.01. The van der Waals surface area contributed by atoms with Gasteiger partial charge in [-0.1, -0.05) is 0 Å². The van der Waals surface area contributed by atoms with Gasteiger partial charge in [0.25, 0.3) is 5.91 Å². The molecule has 1 aromatic carbocycles. The number of amides is 1. The first kappa shape index (κ1) is 15.0. The quantitative estimate of drug-likeness (QED) is 0.786. The Hall–Kier alpha value is -1.59. The van der Waals surface area contributed by atoms with E-state index in [9.17, 15) is 4.79 Å². The highest BCUT2D eigenvalue weighted by atomic mass is 16.5. The number of fused-ring (bicyclic) bond motifs is 4. The van der Waals surface area contributed by atoms with Crippen molar-refractivity contribution in [1.29, 1.82) is 0 Å². The van der Waals surface area contributed by atoms with Crippen LogP contribution in [0.25, 0.3) is 0 Å². The molecule has 0 radical (unpaired) electrons. The fourth-order valence-corrected chi connectivity index (χ4v) is 3.99. The largest absolute Gasteiger partial charge is 0.493 e. The molecular weight excluding hydrogens is 292 g/mol. The van der Waals surface area contributed by atoms with Crippen LogP contribution < -0.4 is 4.74 Å². The molecule has 2 saturated heterocycles. The summed E-state index contributed by atoms with van der Waals surface area (Å²) in [6.45, 7) is 4.85. The van der Waals surface area contributed by atoms with Crippen molar-refractivity contribution in [2.24, 2.45) is 5.92 Å². The molecule has 0 spiro atoms. The summed E-state index contributed by atoms with van der Waals surface area (Å²) >= 11 is 0. The van der Waals surface area contributed by atoms with Crippen molar-refractivity contribution in [3.05, 3.63) is 29.3 Å². The van der Waals surface area contributed by atoms with Crippen molar-refractivity contribution in [3.8, 4) is 5.75 Å². The molecule has 3 heterocycles. The molecule has 0 aromatic heterocycles. The minimum atomic E-state index is 0.133. The highest BCUT2D eigenvalue weighted by Crippen LogP contribution is 2.27. The van der Waals surface area contributed by atoms with Crippen LogP contribution in [0, 0.1) is 5.92 Å². The Morgan fingerprint density at radius 2 is 2.13 bits per heavy atom. The van der Waals surface area contributed by atoms with Crippen molar-refractivity contribution in [2.45, 2.75) is 18.9 Å². The zero-order valence-electron chi connectivity index (χ0n) is 13.7. The summed E-state index contributed by atoms with van der Waals surface area (Å²) < 4.78 is 11.4. The summed E-state index contributed by atoms with van der Waals surface area (Å²) in [7, 11) is 2.13. The Morgan fingerprint density at radius 3 is 3.04 bits per heavy atom. The number of hydrogen-bond donors (Lipinski definition) is 0. The van der Waals surface area contributed by atoms with Gasteiger partial charge in [0.15, 0.2) is 0 Å². The van der Waals surface area contributed by atoms with E-state index in [2.05, 4.69) is 11.9 Å². The van der Waals surface area contributed by atoms with Gasteiger partial charge in [-0.25, -0.2) is 0 Å². The number of benzene rings is 1. The third kappa shape index (κ3) is 2.95. The van der Waals surface area contributed by atoms with Gasteiger partial charge < -0.3 is 19.3 Å². The van der Waals surface area contributed by atoms with Crippen LogP contribution in [0.15, 0.2) is 18.2 Å². The minimum Gasteiger partial charge on any atom is -0.493 e. The third-order valence-electron chi connectivity index (χ3n) is 5.07. The molecule has 23 heavy (non-hydrogen) atoms. The molecule has 0 aliphatic carbocycles. The van der Waals surface area contributed by atoms with Crippen molar-refractivity contribution in [3.63, 3.8) is 0 Å². The van der Waals surface area contributed by atoms with Crippen LogP contribution in [-0.2, 0) is 11.2 Å². The van der Waals surface area contributed by atoms with Crippen molar-refractivity contribution in [1.82, 2.24) is 9.80 Å². The number of rotatable bonds is 1. The number of hydrogen-bond acceptors (Lipinski definition) is 4. The zero-order valence-corrected chi connectivity index (χ0v) is 13.7. The van der Waals surface area contributed by atoms with Crippen LogP contribution in [0.2, 0.25) is 0 Å². The molecule has 5 heteroatoms.